The molecule has 7 heteroatoms. The van der Waals surface area contributed by atoms with Crippen molar-refractivity contribution in [2.75, 3.05) is 44.2 Å². The lowest BCUT2D eigenvalue weighted by molar-refractivity contribution is -0.116. The zero-order valence-corrected chi connectivity index (χ0v) is 20.2. The van der Waals surface area contributed by atoms with Gasteiger partial charge in [0.15, 0.2) is 0 Å². The molecule has 0 atom stereocenters. The highest BCUT2D eigenvalue weighted by Crippen LogP contribution is 2.51. The van der Waals surface area contributed by atoms with Crippen molar-refractivity contribution in [2.24, 2.45) is 0 Å². The Labute approximate surface area is 201 Å². The third-order valence-electron chi connectivity index (χ3n) is 7.95. The first kappa shape index (κ1) is 22.8. The van der Waals surface area contributed by atoms with Gasteiger partial charge < -0.3 is 19.4 Å². The van der Waals surface area contributed by atoms with Crippen LogP contribution < -0.4 is 4.90 Å². The number of carbonyl (C=O) groups excluding carboxylic acids is 2. The number of benzene rings is 1. The molecule has 0 radical (unpaired) electrons. The summed E-state index contributed by atoms with van der Waals surface area (Å²) in [5.74, 6) is 0.100. The van der Waals surface area contributed by atoms with E-state index in [0.29, 0.717) is 12.6 Å². The van der Waals surface area contributed by atoms with E-state index in [2.05, 4.69) is 34.1 Å². The molecule has 2 aromatic rings. The minimum Gasteiger partial charge on any atom is -0.450 e. The average Bonchev–Trinajstić information content (AvgIpc) is 3.20. The van der Waals surface area contributed by atoms with Crippen LogP contribution in [0.3, 0.4) is 0 Å². The third kappa shape index (κ3) is 4.06. The number of pyridine rings is 1. The van der Waals surface area contributed by atoms with Gasteiger partial charge in [-0.25, -0.2) is 4.79 Å². The number of carbonyl (C=O) groups is 2. The first-order valence-electron chi connectivity index (χ1n) is 12.5. The van der Waals surface area contributed by atoms with E-state index in [9.17, 15) is 9.59 Å². The molecular formula is C27H34N4O3. The maximum atomic E-state index is 12.7. The monoisotopic (exact) mass is 462 g/mol. The van der Waals surface area contributed by atoms with Gasteiger partial charge >= 0.3 is 6.09 Å². The summed E-state index contributed by atoms with van der Waals surface area (Å²) in [5.41, 5.74) is 4.52. The second-order valence-electron chi connectivity index (χ2n) is 9.78. The molecule has 7 nitrogen and oxygen atoms in total. The number of hydrogen-bond acceptors (Lipinski definition) is 5. The standard InChI is InChI=1S/C27H34N4O3/c1-3-34-26(33)30-14-9-22(10-15-30)29-16-11-27(12-17-29)19-31(20(2)32)25-23(7-4-8-24(25)27)21-6-5-13-28-18-21/h4-8,13,18,22H,3,9-12,14-17,19H2,1-2H3. The van der Waals surface area contributed by atoms with Crippen molar-refractivity contribution in [3.05, 3.63) is 48.3 Å². The molecule has 2 saturated heterocycles. The predicted octanol–water partition coefficient (Wildman–Crippen LogP) is 4.07. The number of hydrogen-bond donors (Lipinski definition) is 0. The summed E-state index contributed by atoms with van der Waals surface area (Å²) in [6.45, 7) is 8.27. The maximum Gasteiger partial charge on any atom is 0.409 e. The van der Waals surface area contributed by atoms with Crippen LogP contribution >= 0.6 is 0 Å². The Morgan fingerprint density at radius 3 is 2.50 bits per heavy atom. The third-order valence-corrected chi connectivity index (χ3v) is 7.95. The number of aromatic nitrogens is 1. The molecule has 2 amide bonds. The molecular weight excluding hydrogens is 428 g/mol. The molecule has 3 aliphatic heterocycles. The fraction of sp³-hybridized carbons (Fsp3) is 0.519. The lowest BCUT2D eigenvalue weighted by Gasteiger charge is -2.45. The summed E-state index contributed by atoms with van der Waals surface area (Å²) in [7, 11) is 0. The predicted molar refractivity (Wildman–Crippen MR) is 132 cm³/mol. The topological polar surface area (TPSA) is 66.0 Å². The highest BCUT2D eigenvalue weighted by molar-refractivity contribution is 6.00. The number of nitrogens with zero attached hydrogens (tertiary/aromatic N) is 4. The van der Waals surface area contributed by atoms with Crippen molar-refractivity contribution in [3.8, 4) is 11.1 Å². The molecule has 0 bridgehead atoms. The molecule has 34 heavy (non-hydrogen) atoms. The number of para-hydroxylation sites is 1. The molecule has 4 heterocycles. The smallest absolute Gasteiger partial charge is 0.409 e. The van der Waals surface area contributed by atoms with Crippen molar-refractivity contribution in [1.29, 1.82) is 0 Å². The van der Waals surface area contributed by atoms with Gasteiger partial charge in [-0.3, -0.25) is 9.78 Å². The van der Waals surface area contributed by atoms with Crippen LogP contribution in [0, 0.1) is 0 Å². The Kier molecular flexibility index (Phi) is 6.30. The van der Waals surface area contributed by atoms with Crippen molar-refractivity contribution < 1.29 is 14.3 Å². The number of anilines is 1. The first-order chi connectivity index (χ1) is 16.5. The SMILES string of the molecule is CCOC(=O)N1CCC(N2CCC3(CC2)CN(C(C)=O)c2c(-c4cccnc4)cccc23)CC1. The minimum atomic E-state index is -0.185. The number of piperidine rings is 2. The van der Waals surface area contributed by atoms with Crippen molar-refractivity contribution in [1.82, 2.24) is 14.8 Å². The van der Waals surface area contributed by atoms with Gasteiger partial charge in [0.1, 0.15) is 0 Å². The second kappa shape index (κ2) is 9.37. The van der Waals surface area contributed by atoms with Gasteiger partial charge in [-0.1, -0.05) is 24.3 Å². The van der Waals surface area contributed by atoms with Crippen molar-refractivity contribution >= 4 is 17.7 Å². The number of rotatable bonds is 3. The second-order valence-corrected chi connectivity index (χ2v) is 9.78. The molecule has 180 valence electrons. The van der Waals surface area contributed by atoms with E-state index in [-0.39, 0.29) is 17.4 Å². The minimum absolute atomic E-state index is 0.00135. The van der Waals surface area contributed by atoms with Crippen LogP contribution in [0.1, 0.15) is 45.1 Å². The Morgan fingerprint density at radius 2 is 1.85 bits per heavy atom. The number of fused-ring (bicyclic) bond motifs is 2. The lowest BCUT2D eigenvalue weighted by atomic mass is 9.73. The van der Waals surface area contributed by atoms with E-state index < -0.39 is 0 Å². The highest BCUT2D eigenvalue weighted by Gasteiger charge is 2.47. The quantitative estimate of drug-likeness (QED) is 0.688. The van der Waals surface area contributed by atoms with Crippen LogP contribution in [0.2, 0.25) is 0 Å². The normalized spacial score (nSPS) is 20.4. The zero-order valence-electron chi connectivity index (χ0n) is 20.2. The highest BCUT2D eigenvalue weighted by atomic mass is 16.6. The Balaban J connectivity index is 1.33. The molecule has 1 aromatic carbocycles. The average molecular weight is 463 g/mol. The van der Waals surface area contributed by atoms with Gasteiger partial charge in [0.2, 0.25) is 5.91 Å². The molecule has 1 aromatic heterocycles. The maximum absolute atomic E-state index is 12.7. The van der Waals surface area contributed by atoms with Crippen LogP contribution in [0.15, 0.2) is 42.7 Å². The van der Waals surface area contributed by atoms with E-state index in [1.807, 2.05) is 29.0 Å². The van der Waals surface area contributed by atoms with Gasteiger partial charge in [0, 0.05) is 61.5 Å². The molecule has 0 aliphatic carbocycles. The summed E-state index contributed by atoms with van der Waals surface area (Å²) in [6, 6.07) is 11.0. The molecule has 5 rings (SSSR count). The number of likely N-dealkylation sites (tertiary alicyclic amines) is 2. The number of amides is 2. The van der Waals surface area contributed by atoms with E-state index in [4.69, 9.17) is 4.74 Å². The van der Waals surface area contributed by atoms with Crippen molar-refractivity contribution in [2.45, 2.75) is 51.0 Å². The molecule has 2 fully saturated rings. The molecule has 0 N–H and O–H groups in total. The molecule has 3 aliphatic rings. The largest absolute Gasteiger partial charge is 0.450 e. The van der Waals surface area contributed by atoms with Crippen LogP contribution in [-0.2, 0) is 14.9 Å². The van der Waals surface area contributed by atoms with Gasteiger partial charge in [-0.05, 0) is 57.3 Å². The van der Waals surface area contributed by atoms with Gasteiger partial charge in [0.05, 0.1) is 12.3 Å². The van der Waals surface area contributed by atoms with Gasteiger partial charge in [-0.2, -0.15) is 0 Å². The van der Waals surface area contributed by atoms with Crippen LogP contribution in [-0.4, -0.2) is 72.2 Å². The van der Waals surface area contributed by atoms with E-state index in [1.165, 1.54) is 5.56 Å². The fourth-order valence-electron chi connectivity index (χ4n) is 6.13. The van der Waals surface area contributed by atoms with Crippen molar-refractivity contribution in [3.63, 3.8) is 0 Å². The Bertz CT molecular complexity index is 1040. The van der Waals surface area contributed by atoms with Crippen LogP contribution in [0.25, 0.3) is 11.1 Å². The molecule has 1 spiro atoms. The van der Waals surface area contributed by atoms with Gasteiger partial charge in [0.25, 0.3) is 0 Å². The van der Waals surface area contributed by atoms with Gasteiger partial charge in [-0.15, -0.1) is 0 Å². The summed E-state index contributed by atoms with van der Waals surface area (Å²) < 4.78 is 5.17. The number of ether oxygens (including phenoxy) is 1. The molecule has 0 unspecified atom stereocenters. The fourth-order valence-corrected chi connectivity index (χ4v) is 6.13. The first-order valence-corrected chi connectivity index (χ1v) is 12.5. The Morgan fingerprint density at radius 1 is 1.09 bits per heavy atom. The van der Waals surface area contributed by atoms with E-state index in [0.717, 1.165) is 75.2 Å². The van der Waals surface area contributed by atoms with Crippen LogP contribution in [0.5, 0.6) is 0 Å². The summed E-state index contributed by atoms with van der Waals surface area (Å²) in [6.07, 6.45) is 7.54. The summed E-state index contributed by atoms with van der Waals surface area (Å²) in [4.78, 5) is 35.5. The Hall–Kier alpha value is -2.93. The van der Waals surface area contributed by atoms with E-state index in [1.54, 1.807) is 13.1 Å². The summed E-state index contributed by atoms with van der Waals surface area (Å²) >= 11 is 0. The molecule has 0 saturated carbocycles. The lowest BCUT2D eigenvalue weighted by Crippen LogP contribution is -2.52. The summed E-state index contributed by atoms with van der Waals surface area (Å²) in [5, 5.41) is 0. The van der Waals surface area contributed by atoms with Crippen LogP contribution in [0.4, 0.5) is 10.5 Å². The zero-order chi connectivity index (χ0) is 23.7. The van der Waals surface area contributed by atoms with E-state index >= 15 is 0 Å².